The number of carbonyl (C=O) groups is 3. The molecule has 1 rings (SSSR count). The van der Waals surface area contributed by atoms with E-state index in [0.717, 1.165) is 0 Å². The van der Waals surface area contributed by atoms with Crippen molar-refractivity contribution in [2.24, 2.45) is 0 Å². The first-order chi connectivity index (χ1) is 7.15. The van der Waals surface area contributed by atoms with Crippen LogP contribution in [-0.4, -0.2) is 28.7 Å². The summed E-state index contributed by atoms with van der Waals surface area (Å²) < 4.78 is 0. The number of nitrogens with zero attached hydrogens (tertiary/aromatic N) is 1. The Morgan fingerprint density at radius 2 is 1.87 bits per heavy atom. The van der Waals surface area contributed by atoms with E-state index >= 15 is 0 Å². The van der Waals surface area contributed by atoms with E-state index in [1.165, 1.54) is 0 Å². The predicted molar refractivity (Wildman–Crippen MR) is 51.8 cm³/mol. The van der Waals surface area contributed by atoms with Crippen molar-refractivity contribution in [3.05, 3.63) is 0 Å². The molecule has 5 nitrogen and oxygen atoms in total. The van der Waals surface area contributed by atoms with Gasteiger partial charge in [0.05, 0.1) is 0 Å². The van der Waals surface area contributed by atoms with Gasteiger partial charge >= 0.3 is 5.97 Å². The zero-order valence-electron chi connectivity index (χ0n) is 8.20. The van der Waals surface area contributed by atoms with E-state index in [9.17, 15) is 14.4 Å². The molecule has 0 unspecified atom stereocenters. The largest absolute Gasteiger partial charge is 0.333 e. The van der Waals surface area contributed by atoms with Gasteiger partial charge in [-0.05, 0) is 12.8 Å². The van der Waals surface area contributed by atoms with E-state index in [4.69, 9.17) is 11.6 Å². The van der Waals surface area contributed by atoms with Gasteiger partial charge in [0.25, 0.3) is 11.8 Å². The number of carbonyl (C=O) groups excluding carboxylic acids is 3. The number of unbranched alkanes of at least 4 members (excludes halogenated alkanes) is 1. The van der Waals surface area contributed by atoms with Gasteiger partial charge in [-0.25, -0.2) is 4.79 Å². The molecule has 15 heavy (non-hydrogen) atoms. The Kier molecular flexibility index (Phi) is 4.55. The van der Waals surface area contributed by atoms with E-state index in [-0.39, 0.29) is 19.3 Å². The molecule has 1 aliphatic heterocycles. The van der Waals surface area contributed by atoms with Crippen LogP contribution in [0.15, 0.2) is 0 Å². The smallest absolute Gasteiger partial charge is 0.330 e. The second-order valence-electron chi connectivity index (χ2n) is 3.19. The summed E-state index contributed by atoms with van der Waals surface area (Å²) in [7, 11) is 0. The third-order valence-electron chi connectivity index (χ3n) is 1.96. The van der Waals surface area contributed by atoms with E-state index in [1.807, 2.05) is 0 Å². The Bertz CT molecular complexity index is 263. The molecule has 0 aromatic rings. The Hall–Kier alpha value is -1.10. The van der Waals surface area contributed by atoms with E-state index in [2.05, 4.69) is 4.84 Å². The number of amides is 2. The van der Waals surface area contributed by atoms with Crippen LogP contribution < -0.4 is 0 Å². The van der Waals surface area contributed by atoms with Gasteiger partial charge in [-0.3, -0.25) is 9.59 Å². The number of halogens is 1. The molecule has 6 heteroatoms. The van der Waals surface area contributed by atoms with Gasteiger partial charge in [-0.15, -0.1) is 16.7 Å². The SMILES string of the molecule is O=C(CCCCCl)ON1C(=O)CCC1=O. The van der Waals surface area contributed by atoms with Crippen LogP contribution in [0, 0.1) is 0 Å². The van der Waals surface area contributed by atoms with Crippen molar-refractivity contribution in [2.45, 2.75) is 32.1 Å². The molecule has 1 fully saturated rings. The molecule has 0 aromatic heterocycles. The highest BCUT2D eigenvalue weighted by molar-refractivity contribution is 6.17. The number of hydrogen-bond donors (Lipinski definition) is 0. The number of alkyl halides is 1. The Morgan fingerprint density at radius 3 is 2.40 bits per heavy atom. The van der Waals surface area contributed by atoms with Crippen molar-refractivity contribution in [3.63, 3.8) is 0 Å². The van der Waals surface area contributed by atoms with Crippen molar-refractivity contribution in [3.8, 4) is 0 Å². The molecule has 0 saturated carbocycles. The van der Waals surface area contributed by atoms with Crippen LogP contribution in [0.2, 0.25) is 0 Å². The van der Waals surface area contributed by atoms with Crippen LogP contribution in [0.3, 0.4) is 0 Å². The van der Waals surface area contributed by atoms with Crippen molar-refractivity contribution in [1.82, 2.24) is 5.06 Å². The molecular weight excluding hydrogens is 222 g/mol. The van der Waals surface area contributed by atoms with E-state index < -0.39 is 17.8 Å². The second kappa shape index (κ2) is 5.70. The average Bonchev–Trinajstić information content (AvgIpc) is 2.50. The first-order valence-corrected chi connectivity index (χ1v) is 5.31. The topological polar surface area (TPSA) is 63.7 Å². The van der Waals surface area contributed by atoms with Crippen LogP contribution in [0.1, 0.15) is 32.1 Å². The van der Waals surface area contributed by atoms with Crippen LogP contribution >= 0.6 is 11.6 Å². The van der Waals surface area contributed by atoms with Gasteiger partial charge in [-0.2, -0.15) is 0 Å². The van der Waals surface area contributed by atoms with Crippen LogP contribution in [0.5, 0.6) is 0 Å². The minimum atomic E-state index is -0.566. The lowest BCUT2D eigenvalue weighted by Gasteiger charge is -2.12. The Morgan fingerprint density at radius 1 is 1.27 bits per heavy atom. The molecule has 0 aromatic carbocycles. The lowest BCUT2D eigenvalue weighted by molar-refractivity contribution is -0.197. The summed E-state index contributed by atoms with van der Waals surface area (Å²) in [6.07, 6.45) is 1.71. The normalized spacial score (nSPS) is 15.9. The lowest BCUT2D eigenvalue weighted by atomic mass is 10.2. The number of imide groups is 1. The number of rotatable bonds is 5. The highest BCUT2D eigenvalue weighted by atomic mass is 35.5. The van der Waals surface area contributed by atoms with Crippen molar-refractivity contribution >= 4 is 29.4 Å². The minimum absolute atomic E-state index is 0.119. The highest BCUT2D eigenvalue weighted by Crippen LogP contribution is 2.13. The van der Waals surface area contributed by atoms with Gasteiger partial charge in [0.1, 0.15) is 0 Å². The molecule has 84 valence electrons. The maximum atomic E-state index is 11.2. The summed E-state index contributed by atoms with van der Waals surface area (Å²) >= 11 is 5.43. The molecule has 0 N–H and O–H groups in total. The monoisotopic (exact) mass is 233 g/mol. The summed E-state index contributed by atoms with van der Waals surface area (Å²) in [6.45, 7) is 0. The van der Waals surface area contributed by atoms with Gasteiger partial charge in [0, 0.05) is 25.1 Å². The average molecular weight is 234 g/mol. The van der Waals surface area contributed by atoms with Crippen molar-refractivity contribution in [2.75, 3.05) is 5.88 Å². The van der Waals surface area contributed by atoms with Gasteiger partial charge in [-0.1, -0.05) is 0 Å². The molecule has 1 aliphatic rings. The predicted octanol–water partition coefficient (Wildman–Crippen LogP) is 1.00. The highest BCUT2D eigenvalue weighted by Gasteiger charge is 2.32. The van der Waals surface area contributed by atoms with E-state index in [0.29, 0.717) is 23.8 Å². The van der Waals surface area contributed by atoms with Crippen LogP contribution in [0.25, 0.3) is 0 Å². The molecule has 1 saturated heterocycles. The van der Waals surface area contributed by atoms with Crippen molar-refractivity contribution < 1.29 is 19.2 Å². The molecular formula is C9H12ClNO4. The maximum Gasteiger partial charge on any atom is 0.333 e. The third kappa shape index (κ3) is 3.51. The number of hydroxylamine groups is 2. The Balaban J connectivity index is 2.31. The molecule has 0 bridgehead atoms. The molecule has 0 aliphatic carbocycles. The van der Waals surface area contributed by atoms with Crippen LogP contribution in [-0.2, 0) is 19.2 Å². The summed E-state index contributed by atoms with van der Waals surface area (Å²) in [6, 6.07) is 0. The third-order valence-corrected chi connectivity index (χ3v) is 2.23. The first-order valence-electron chi connectivity index (χ1n) is 4.77. The Labute approximate surface area is 92.3 Å². The lowest BCUT2D eigenvalue weighted by Crippen LogP contribution is -2.31. The first kappa shape index (κ1) is 12.0. The maximum absolute atomic E-state index is 11.2. The zero-order valence-corrected chi connectivity index (χ0v) is 8.96. The molecule has 0 atom stereocenters. The second-order valence-corrected chi connectivity index (χ2v) is 3.57. The van der Waals surface area contributed by atoms with Gasteiger partial charge in [0.15, 0.2) is 0 Å². The van der Waals surface area contributed by atoms with Gasteiger partial charge < -0.3 is 4.84 Å². The van der Waals surface area contributed by atoms with Crippen molar-refractivity contribution in [1.29, 1.82) is 0 Å². The fourth-order valence-corrected chi connectivity index (χ4v) is 1.36. The van der Waals surface area contributed by atoms with Gasteiger partial charge in [0.2, 0.25) is 0 Å². The summed E-state index contributed by atoms with van der Waals surface area (Å²) in [5, 5.41) is 0.559. The standard InChI is InChI=1S/C9H12ClNO4/c10-6-2-1-3-9(14)15-11-7(12)4-5-8(11)13/h1-6H2. The minimum Gasteiger partial charge on any atom is -0.330 e. The molecule has 1 heterocycles. The summed E-state index contributed by atoms with van der Waals surface area (Å²) in [4.78, 5) is 37.9. The fraction of sp³-hybridized carbons (Fsp3) is 0.667. The summed E-state index contributed by atoms with van der Waals surface area (Å²) in [5.74, 6) is -0.991. The summed E-state index contributed by atoms with van der Waals surface area (Å²) in [5.41, 5.74) is 0. The molecule has 0 radical (unpaired) electrons. The fourth-order valence-electron chi connectivity index (χ4n) is 1.17. The number of hydrogen-bond acceptors (Lipinski definition) is 4. The quantitative estimate of drug-likeness (QED) is 0.404. The molecule has 0 spiro atoms. The van der Waals surface area contributed by atoms with Crippen LogP contribution in [0.4, 0.5) is 0 Å². The zero-order chi connectivity index (χ0) is 11.3. The van der Waals surface area contributed by atoms with E-state index in [1.54, 1.807) is 0 Å². The molecule has 2 amide bonds.